The van der Waals surface area contributed by atoms with E-state index in [0.29, 0.717) is 37.1 Å². The van der Waals surface area contributed by atoms with Crippen molar-refractivity contribution in [1.29, 1.82) is 5.26 Å². The molecule has 0 spiro atoms. The molecule has 35 heavy (non-hydrogen) atoms. The fourth-order valence-electron chi connectivity index (χ4n) is 3.91. The van der Waals surface area contributed by atoms with E-state index in [1.165, 1.54) is 23.9 Å². The molecule has 1 saturated heterocycles. The molecule has 1 amide bonds. The number of amides is 1. The number of piperidine rings is 1. The molecule has 9 heteroatoms. The lowest BCUT2D eigenvalue weighted by molar-refractivity contribution is -0.274. The molecule has 1 N–H and O–H groups in total. The van der Waals surface area contributed by atoms with E-state index in [1.807, 2.05) is 30.3 Å². The van der Waals surface area contributed by atoms with E-state index in [2.05, 4.69) is 21.0 Å². The van der Waals surface area contributed by atoms with Crippen LogP contribution < -0.4 is 15.0 Å². The van der Waals surface area contributed by atoms with Crippen LogP contribution in [-0.4, -0.2) is 31.4 Å². The number of halogens is 3. The first-order valence-corrected chi connectivity index (χ1v) is 11.8. The molecule has 0 aliphatic carbocycles. The monoisotopic (exact) mass is 497 g/mol. The van der Waals surface area contributed by atoms with E-state index < -0.39 is 6.36 Å². The van der Waals surface area contributed by atoms with Gasteiger partial charge in [0.25, 0.3) is 5.91 Å². The van der Waals surface area contributed by atoms with Crippen LogP contribution in [0.1, 0.15) is 28.8 Å². The highest BCUT2D eigenvalue weighted by molar-refractivity contribution is 7.99. The lowest BCUT2D eigenvalue weighted by Gasteiger charge is -2.34. The van der Waals surface area contributed by atoms with Crippen LogP contribution >= 0.6 is 11.8 Å². The van der Waals surface area contributed by atoms with Gasteiger partial charge in [-0.2, -0.15) is 5.26 Å². The molecule has 3 aromatic carbocycles. The van der Waals surface area contributed by atoms with E-state index in [0.717, 1.165) is 15.5 Å². The highest BCUT2D eigenvalue weighted by Crippen LogP contribution is 2.33. The van der Waals surface area contributed by atoms with Gasteiger partial charge in [0.2, 0.25) is 0 Å². The van der Waals surface area contributed by atoms with Gasteiger partial charge >= 0.3 is 6.36 Å². The fraction of sp³-hybridized carbons (Fsp3) is 0.231. The van der Waals surface area contributed by atoms with Gasteiger partial charge in [-0.25, -0.2) is 0 Å². The molecule has 0 radical (unpaired) electrons. The summed E-state index contributed by atoms with van der Waals surface area (Å²) >= 11 is 1.39. The molecule has 1 aliphatic rings. The molecule has 0 aromatic heterocycles. The summed E-state index contributed by atoms with van der Waals surface area (Å²) in [5, 5.41) is 12.5. The average Bonchev–Trinajstić information content (AvgIpc) is 2.85. The number of carbonyl (C=O) groups excluding carboxylic acids is 1. The summed E-state index contributed by atoms with van der Waals surface area (Å²) < 4.78 is 41.0. The Morgan fingerprint density at radius 2 is 1.60 bits per heavy atom. The molecule has 5 nitrogen and oxygen atoms in total. The van der Waals surface area contributed by atoms with E-state index in [1.54, 1.807) is 30.3 Å². The molecule has 1 fully saturated rings. The van der Waals surface area contributed by atoms with Gasteiger partial charge in [0.15, 0.2) is 0 Å². The summed E-state index contributed by atoms with van der Waals surface area (Å²) in [5.41, 5.74) is 1.91. The van der Waals surface area contributed by atoms with Crippen LogP contribution in [-0.2, 0) is 0 Å². The van der Waals surface area contributed by atoms with E-state index in [4.69, 9.17) is 0 Å². The Morgan fingerprint density at radius 3 is 2.26 bits per heavy atom. The second-order valence-corrected chi connectivity index (χ2v) is 9.07. The zero-order valence-corrected chi connectivity index (χ0v) is 19.4. The summed E-state index contributed by atoms with van der Waals surface area (Å²) in [5.74, 6) is -0.424. The van der Waals surface area contributed by atoms with Gasteiger partial charge in [0.1, 0.15) is 11.8 Å². The Labute approximate surface area is 205 Å². The number of carbonyl (C=O) groups is 1. The lowest BCUT2D eigenvalue weighted by atomic mass is 10.0. The highest BCUT2D eigenvalue weighted by atomic mass is 32.2. The SMILES string of the molecule is N#Cc1ccccc1Sc1ccccc1C(=O)NC1CCN(c2ccc(OC(F)(F)F)cc2)CC1. The second-order valence-electron chi connectivity index (χ2n) is 7.98. The number of nitriles is 1. The third kappa shape index (κ3) is 6.49. The van der Waals surface area contributed by atoms with Crippen molar-refractivity contribution in [3.8, 4) is 11.8 Å². The molecule has 0 bridgehead atoms. The third-order valence-corrected chi connectivity index (χ3v) is 6.78. The van der Waals surface area contributed by atoms with Crippen molar-refractivity contribution in [1.82, 2.24) is 5.32 Å². The van der Waals surface area contributed by atoms with Crippen molar-refractivity contribution < 1.29 is 22.7 Å². The third-order valence-electron chi connectivity index (χ3n) is 5.62. The number of rotatable bonds is 6. The zero-order chi connectivity index (χ0) is 24.8. The van der Waals surface area contributed by atoms with Crippen LogP contribution in [0, 0.1) is 11.3 Å². The lowest BCUT2D eigenvalue weighted by Crippen LogP contribution is -2.44. The summed E-state index contributed by atoms with van der Waals surface area (Å²) in [6, 6.07) is 22.5. The average molecular weight is 498 g/mol. The molecular weight excluding hydrogens is 475 g/mol. The number of nitrogens with zero attached hydrogens (tertiary/aromatic N) is 2. The predicted octanol–water partition coefficient (Wildman–Crippen LogP) is 6.01. The molecule has 1 heterocycles. The Bertz CT molecular complexity index is 1220. The molecule has 1 aliphatic heterocycles. The summed E-state index contributed by atoms with van der Waals surface area (Å²) in [6.07, 6.45) is -3.30. The molecule has 0 saturated carbocycles. The number of hydrogen-bond donors (Lipinski definition) is 1. The number of nitrogens with one attached hydrogen (secondary N) is 1. The topological polar surface area (TPSA) is 65.4 Å². The summed E-state index contributed by atoms with van der Waals surface area (Å²) in [6.45, 7) is 1.33. The second kappa shape index (κ2) is 10.7. The molecule has 3 aromatic rings. The minimum atomic E-state index is -4.71. The van der Waals surface area contributed by atoms with Crippen LogP contribution in [0.4, 0.5) is 18.9 Å². The first-order valence-electron chi connectivity index (χ1n) is 11.0. The standard InChI is InChI=1S/C26H22F3N3O2S/c27-26(28,29)34-21-11-9-20(10-12-21)32-15-13-19(14-16-32)31-25(33)22-6-2-4-8-24(22)35-23-7-3-1-5-18(23)17-30/h1-12,19H,13-16H2,(H,31,33). The smallest absolute Gasteiger partial charge is 0.406 e. The number of alkyl halides is 3. The molecule has 4 rings (SSSR count). The van der Waals surface area contributed by atoms with Gasteiger partial charge in [-0.1, -0.05) is 36.0 Å². The van der Waals surface area contributed by atoms with E-state index >= 15 is 0 Å². The van der Waals surface area contributed by atoms with Crippen molar-refractivity contribution in [2.75, 3.05) is 18.0 Å². The van der Waals surface area contributed by atoms with Crippen LogP contribution in [0.2, 0.25) is 0 Å². The number of benzene rings is 3. The molecular formula is C26H22F3N3O2S. The van der Waals surface area contributed by atoms with Crippen LogP contribution in [0.3, 0.4) is 0 Å². The largest absolute Gasteiger partial charge is 0.573 e. The highest BCUT2D eigenvalue weighted by Gasteiger charge is 2.31. The summed E-state index contributed by atoms with van der Waals surface area (Å²) in [7, 11) is 0. The van der Waals surface area contributed by atoms with Crippen LogP contribution in [0.15, 0.2) is 82.6 Å². The molecule has 0 unspecified atom stereocenters. The minimum absolute atomic E-state index is 0.0176. The normalized spacial score (nSPS) is 14.3. The molecule has 180 valence electrons. The maximum absolute atomic E-state index is 13.1. The van der Waals surface area contributed by atoms with Crippen LogP contribution in [0.25, 0.3) is 0 Å². The maximum Gasteiger partial charge on any atom is 0.573 e. The van der Waals surface area contributed by atoms with Crippen molar-refractivity contribution in [3.63, 3.8) is 0 Å². The van der Waals surface area contributed by atoms with Crippen molar-refractivity contribution in [2.24, 2.45) is 0 Å². The van der Waals surface area contributed by atoms with E-state index in [-0.39, 0.29) is 17.7 Å². The van der Waals surface area contributed by atoms with Crippen LogP contribution in [0.5, 0.6) is 5.75 Å². The van der Waals surface area contributed by atoms with Gasteiger partial charge in [-0.05, 0) is 61.4 Å². The predicted molar refractivity (Wildman–Crippen MR) is 128 cm³/mol. The molecule has 0 atom stereocenters. The van der Waals surface area contributed by atoms with Crippen molar-refractivity contribution in [2.45, 2.75) is 35.0 Å². The maximum atomic E-state index is 13.1. The zero-order valence-electron chi connectivity index (χ0n) is 18.6. The minimum Gasteiger partial charge on any atom is -0.406 e. The van der Waals surface area contributed by atoms with Gasteiger partial charge in [0, 0.05) is 34.6 Å². The Kier molecular flexibility index (Phi) is 7.51. The van der Waals surface area contributed by atoms with Gasteiger partial charge < -0.3 is 15.0 Å². The summed E-state index contributed by atoms with van der Waals surface area (Å²) in [4.78, 5) is 16.7. The number of ether oxygens (including phenoxy) is 1. The van der Waals surface area contributed by atoms with Gasteiger partial charge in [0.05, 0.1) is 11.1 Å². The van der Waals surface area contributed by atoms with Crippen molar-refractivity contribution >= 4 is 23.4 Å². The number of hydrogen-bond acceptors (Lipinski definition) is 5. The quantitative estimate of drug-likeness (QED) is 0.452. The Hall–Kier alpha value is -3.64. The first-order chi connectivity index (χ1) is 16.8. The van der Waals surface area contributed by atoms with Gasteiger partial charge in [-0.15, -0.1) is 13.2 Å². The van der Waals surface area contributed by atoms with Gasteiger partial charge in [-0.3, -0.25) is 4.79 Å². The Balaban J connectivity index is 1.35. The van der Waals surface area contributed by atoms with E-state index in [9.17, 15) is 23.2 Å². The van der Waals surface area contributed by atoms with Crippen molar-refractivity contribution in [3.05, 3.63) is 83.9 Å². The fourth-order valence-corrected chi connectivity index (χ4v) is 4.94. The Morgan fingerprint density at radius 1 is 0.971 bits per heavy atom. The number of anilines is 1. The first kappa shape index (κ1) is 24.5.